The molecule has 3 nitrogen and oxygen atoms in total. The van der Waals surface area contributed by atoms with Crippen molar-refractivity contribution in [1.82, 2.24) is 0 Å². The van der Waals surface area contributed by atoms with Gasteiger partial charge in [0.15, 0.2) is 0 Å². The van der Waals surface area contributed by atoms with Crippen molar-refractivity contribution in [2.75, 3.05) is 0 Å². The van der Waals surface area contributed by atoms with Crippen molar-refractivity contribution in [3.8, 4) is 0 Å². The summed E-state index contributed by atoms with van der Waals surface area (Å²) in [7, 11) is 0. The van der Waals surface area contributed by atoms with Gasteiger partial charge in [-0.1, -0.05) is 29.3 Å². The van der Waals surface area contributed by atoms with Crippen LogP contribution in [0.1, 0.15) is 24.5 Å². The van der Waals surface area contributed by atoms with E-state index in [4.69, 9.17) is 23.2 Å². The third-order valence-corrected chi connectivity index (χ3v) is 4.06. The van der Waals surface area contributed by atoms with Gasteiger partial charge in [-0.05, 0) is 30.5 Å². The molecule has 0 spiro atoms. The van der Waals surface area contributed by atoms with Gasteiger partial charge in [0, 0.05) is 5.92 Å². The molecule has 1 aromatic rings. The van der Waals surface area contributed by atoms with Gasteiger partial charge in [0.2, 0.25) is 0 Å². The van der Waals surface area contributed by atoms with Gasteiger partial charge in [0.25, 0.3) is 0 Å². The van der Waals surface area contributed by atoms with Crippen LogP contribution in [-0.4, -0.2) is 27.5 Å². The molecule has 0 aromatic heterocycles. The van der Waals surface area contributed by atoms with Gasteiger partial charge in [-0.25, -0.2) is 0 Å². The average Bonchev–Trinajstić information content (AvgIpc) is 2.63. The number of hydrogen-bond acceptors (Lipinski definition) is 3. The minimum Gasteiger partial charge on any atom is -0.390 e. The second-order valence-corrected chi connectivity index (χ2v) is 5.23. The zero-order valence-electron chi connectivity index (χ0n) is 9.05. The standard InChI is InChI=1S/C12H14Cl2O3/c13-8-3-1-6(5-9(8)14)11(16)7-2-4-10(15)12(7)17/h1,3,5,7,10-12,15-17H,2,4H2. The molecule has 4 unspecified atom stereocenters. The third kappa shape index (κ3) is 2.59. The number of halogens is 2. The van der Waals surface area contributed by atoms with E-state index in [2.05, 4.69) is 0 Å². The Morgan fingerprint density at radius 1 is 1.12 bits per heavy atom. The summed E-state index contributed by atoms with van der Waals surface area (Å²) in [4.78, 5) is 0. The predicted octanol–water partition coefficient (Wildman–Crippen LogP) is 2.16. The highest BCUT2D eigenvalue weighted by Crippen LogP contribution is 2.37. The van der Waals surface area contributed by atoms with Crippen molar-refractivity contribution in [3.63, 3.8) is 0 Å². The molecule has 94 valence electrons. The largest absolute Gasteiger partial charge is 0.390 e. The van der Waals surface area contributed by atoms with Gasteiger partial charge in [0.05, 0.1) is 28.4 Å². The molecule has 1 fully saturated rings. The van der Waals surface area contributed by atoms with Crippen molar-refractivity contribution in [3.05, 3.63) is 33.8 Å². The zero-order valence-corrected chi connectivity index (χ0v) is 10.6. The first-order chi connectivity index (χ1) is 8.00. The highest BCUT2D eigenvalue weighted by Gasteiger charge is 2.38. The van der Waals surface area contributed by atoms with Gasteiger partial charge in [-0.15, -0.1) is 0 Å². The smallest absolute Gasteiger partial charge is 0.0855 e. The molecule has 3 N–H and O–H groups in total. The van der Waals surface area contributed by atoms with Crippen molar-refractivity contribution in [2.45, 2.75) is 31.2 Å². The second kappa shape index (κ2) is 5.12. The van der Waals surface area contributed by atoms with Gasteiger partial charge in [-0.3, -0.25) is 0 Å². The van der Waals surface area contributed by atoms with Gasteiger partial charge in [0.1, 0.15) is 0 Å². The van der Waals surface area contributed by atoms with Crippen LogP contribution in [-0.2, 0) is 0 Å². The highest BCUT2D eigenvalue weighted by molar-refractivity contribution is 6.42. The van der Waals surface area contributed by atoms with Crippen LogP contribution >= 0.6 is 23.2 Å². The third-order valence-electron chi connectivity index (χ3n) is 3.32. The summed E-state index contributed by atoms with van der Waals surface area (Å²) < 4.78 is 0. The van der Waals surface area contributed by atoms with E-state index in [9.17, 15) is 15.3 Å². The Bertz CT molecular complexity index is 411. The average molecular weight is 277 g/mol. The minimum absolute atomic E-state index is 0.359. The molecule has 0 bridgehead atoms. The van der Waals surface area contributed by atoms with E-state index in [0.717, 1.165) is 0 Å². The van der Waals surface area contributed by atoms with E-state index in [0.29, 0.717) is 28.5 Å². The summed E-state index contributed by atoms with van der Waals surface area (Å²) in [6.07, 6.45) is -1.39. The summed E-state index contributed by atoms with van der Waals surface area (Å²) in [6, 6.07) is 4.88. The van der Waals surface area contributed by atoms with E-state index < -0.39 is 18.3 Å². The quantitative estimate of drug-likeness (QED) is 0.776. The first kappa shape index (κ1) is 13.1. The molecule has 4 atom stereocenters. The lowest BCUT2D eigenvalue weighted by molar-refractivity contribution is -0.0210. The fourth-order valence-electron chi connectivity index (χ4n) is 2.28. The molecule has 1 aliphatic rings. The van der Waals surface area contributed by atoms with Crippen LogP contribution in [0.5, 0.6) is 0 Å². The molecule has 0 saturated heterocycles. The highest BCUT2D eigenvalue weighted by atomic mass is 35.5. The molecule has 0 heterocycles. The topological polar surface area (TPSA) is 60.7 Å². The first-order valence-electron chi connectivity index (χ1n) is 5.50. The van der Waals surface area contributed by atoms with Crippen LogP contribution in [0.3, 0.4) is 0 Å². The number of benzene rings is 1. The van der Waals surface area contributed by atoms with Crippen molar-refractivity contribution in [2.24, 2.45) is 5.92 Å². The Morgan fingerprint density at radius 3 is 2.35 bits per heavy atom. The second-order valence-electron chi connectivity index (χ2n) is 4.42. The number of aliphatic hydroxyl groups is 3. The molecular formula is C12H14Cl2O3. The van der Waals surface area contributed by atoms with E-state index in [-0.39, 0.29) is 5.92 Å². The van der Waals surface area contributed by atoms with Gasteiger partial charge < -0.3 is 15.3 Å². The van der Waals surface area contributed by atoms with Gasteiger partial charge >= 0.3 is 0 Å². The van der Waals surface area contributed by atoms with E-state index >= 15 is 0 Å². The normalized spacial score (nSPS) is 30.5. The summed E-state index contributed by atoms with van der Waals surface area (Å²) >= 11 is 11.7. The number of hydrogen-bond donors (Lipinski definition) is 3. The van der Waals surface area contributed by atoms with Gasteiger partial charge in [-0.2, -0.15) is 0 Å². The molecule has 1 aromatic carbocycles. The number of rotatable bonds is 2. The molecule has 17 heavy (non-hydrogen) atoms. The SMILES string of the molecule is OC1CCC(C(O)c2ccc(Cl)c(Cl)c2)C1O. The fraction of sp³-hybridized carbons (Fsp3) is 0.500. The summed E-state index contributed by atoms with van der Waals surface area (Å²) in [5.74, 6) is -0.359. The van der Waals surface area contributed by atoms with Crippen LogP contribution in [0.25, 0.3) is 0 Å². The Balaban J connectivity index is 2.19. The maximum atomic E-state index is 10.2. The monoisotopic (exact) mass is 276 g/mol. The molecule has 1 saturated carbocycles. The van der Waals surface area contributed by atoms with Crippen LogP contribution in [0.15, 0.2) is 18.2 Å². The Hall–Kier alpha value is -0.320. The first-order valence-corrected chi connectivity index (χ1v) is 6.25. The van der Waals surface area contributed by atoms with Crippen LogP contribution < -0.4 is 0 Å². The molecule has 0 amide bonds. The molecule has 1 aliphatic carbocycles. The summed E-state index contributed by atoms with van der Waals surface area (Å²) in [5.41, 5.74) is 0.609. The Kier molecular flexibility index (Phi) is 3.95. The van der Waals surface area contributed by atoms with E-state index in [1.165, 1.54) is 0 Å². The molecule has 2 rings (SSSR count). The minimum atomic E-state index is -0.889. The number of aliphatic hydroxyl groups excluding tert-OH is 3. The lowest BCUT2D eigenvalue weighted by atomic mass is 9.92. The lowest BCUT2D eigenvalue weighted by Gasteiger charge is -2.22. The molecule has 0 radical (unpaired) electrons. The molecule has 5 heteroatoms. The fourth-order valence-corrected chi connectivity index (χ4v) is 2.58. The van der Waals surface area contributed by atoms with E-state index in [1.54, 1.807) is 18.2 Å². The van der Waals surface area contributed by atoms with Crippen LogP contribution in [0, 0.1) is 5.92 Å². The molecule has 0 aliphatic heterocycles. The van der Waals surface area contributed by atoms with Crippen molar-refractivity contribution in [1.29, 1.82) is 0 Å². The molecular weight excluding hydrogens is 263 g/mol. The maximum Gasteiger partial charge on any atom is 0.0855 e. The van der Waals surface area contributed by atoms with E-state index in [1.807, 2.05) is 0 Å². The summed E-state index contributed by atoms with van der Waals surface area (Å²) in [5, 5.41) is 30.1. The summed E-state index contributed by atoms with van der Waals surface area (Å²) in [6.45, 7) is 0. The maximum absolute atomic E-state index is 10.2. The van der Waals surface area contributed by atoms with Crippen LogP contribution in [0.2, 0.25) is 10.0 Å². The predicted molar refractivity (Wildman–Crippen MR) is 66.2 cm³/mol. The Labute approximate surface area is 110 Å². The zero-order chi connectivity index (χ0) is 12.6. The lowest BCUT2D eigenvalue weighted by Crippen LogP contribution is -2.28. The van der Waals surface area contributed by atoms with Crippen LogP contribution in [0.4, 0.5) is 0 Å². The van der Waals surface area contributed by atoms with Crippen molar-refractivity contribution < 1.29 is 15.3 Å². The van der Waals surface area contributed by atoms with Crippen molar-refractivity contribution >= 4 is 23.2 Å². The Morgan fingerprint density at radius 2 is 1.82 bits per heavy atom.